The molecule has 1 aromatic heterocycles. The Bertz CT molecular complexity index is 688. The van der Waals surface area contributed by atoms with Crippen LogP contribution < -0.4 is 4.74 Å². The Balaban J connectivity index is 1.88. The highest BCUT2D eigenvalue weighted by molar-refractivity contribution is 5.94. The zero-order valence-electron chi connectivity index (χ0n) is 13.0. The molecule has 1 atom stereocenters. The van der Waals surface area contributed by atoms with Gasteiger partial charge in [0.15, 0.2) is 0 Å². The molecule has 0 aliphatic carbocycles. The average Bonchev–Trinajstić information content (AvgIpc) is 2.62. The number of aromatic nitrogens is 1. The van der Waals surface area contributed by atoms with Gasteiger partial charge in [0.25, 0.3) is 5.91 Å². The van der Waals surface area contributed by atoms with E-state index in [1.54, 1.807) is 30.5 Å². The van der Waals surface area contributed by atoms with Crippen molar-refractivity contribution in [2.24, 2.45) is 0 Å². The summed E-state index contributed by atoms with van der Waals surface area (Å²) < 4.78 is 18.3. The van der Waals surface area contributed by atoms with Crippen molar-refractivity contribution in [3.05, 3.63) is 59.5 Å². The van der Waals surface area contributed by atoms with Crippen molar-refractivity contribution in [2.75, 3.05) is 13.7 Å². The second-order valence-electron chi connectivity index (χ2n) is 5.65. The van der Waals surface area contributed by atoms with E-state index in [0.717, 1.165) is 24.8 Å². The first-order chi connectivity index (χ1) is 11.2. The first-order valence-corrected chi connectivity index (χ1v) is 7.75. The lowest BCUT2D eigenvalue weighted by molar-refractivity contribution is 0.0611. The molecular weight excluding hydrogens is 295 g/mol. The van der Waals surface area contributed by atoms with Crippen LogP contribution in [-0.4, -0.2) is 29.4 Å². The number of hydrogen-bond donors (Lipinski definition) is 0. The number of methoxy groups -OCH3 is 1. The zero-order chi connectivity index (χ0) is 16.2. The van der Waals surface area contributed by atoms with Gasteiger partial charge in [-0.05, 0) is 43.0 Å². The summed E-state index contributed by atoms with van der Waals surface area (Å²) in [6, 6.07) is 9.75. The first-order valence-electron chi connectivity index (χ1n) is 7.75. The van der Waals surface area contributed by atoms with Crippen molar-refractivity contribution in [1.82, 2.24) is 9.88 Å². The third-order valence-electron chi connectivity index (χ3n) is 4.21. The van der Waals surface area contributed by atoms with Crippen LogP contribution in [0.1, 0.15) is 41.2 Å². The van der Waals surface area contributed by atoms with Crippen molar-refractivity contribution in [2.45, 2.75) is 25.3 Å². The van der Waals surface area contributed by atoms with Gasteiger partial charge in [0.2, 0.25) is 5.88 Å². The lowest BCUT2D eigenvalue weighted by Gasteiger charge is -2.36. The van der Waals surface area contributed by atoms with E-state index in [0.29, 0.717) is 18.0 Å². The Morgan fingerprint density at radius 1 is 1.26 bits per heavy atom. The first kappa shape index (κ1) is 15.5. The predicted octanol–water partition coefficient (Wildman–Crippen LogP) is 3.60. The molecule has 120 valence electrons. The molecule has 1 amide bonds. The van der Waals surface area contributed by atoms with Crippen molar-refractivity contribution >= 4 is 5.91 Å². The highest BCUT2D eigenvalue weighted by Gasteiger charge is 2.28. The standard InChI is InChI=1S/C18H19FN2O2/c1-23-17-12-14(9-10-20-17)18(22)21-11-3-2-4-16(21)13-5-7-15(19)8-6-13/h5-10,12,16H,2-4,11H2,1H3. The summed E-state index contributed by atoms with van der Waals surface area (Å²) in [5, 5.41) is 0. The summed E-state index contributed by atoms with van der Waals surface area (Å²) >= 11 is 0. The van der Waals surface area contributed by atoms with Crippen molar-refractivity contribution < 1.29 is 13.9 Å². The summed E-state index contributed by atoms with van der Waals surface area (Å²) in [7, 11) is 1.53. The Morgan fingerprint density at radius 2 is 2.04 bits per heavy atom. The number of halogens is 1. The third kappa shape index (κ3) is 3.33. The number of carbonyl (C=O) groups excluding carboxylic acids is 1. The zero-order valence-corrected chi connectivity index (χ0v) is 13.0. The molecule has 1 unspecified atom stereocenters. The van der Waals surface area contributed by atoms with Crippen LogP contribution in [0.4, 0.5) is 4.39 Å². The fourth-order valence-electron chi connectivity index (χ4n) is 3.03. The number of carbonyl (C=O) groups is 1. The summed E-state index contributed by atoms with van der Waals surface area (Å²) in [6.45, 7) is 0.700. The minimum Gasteiger partial charge on any atom is -0.481 e. The molecule has 1 fully saturated rings. The number of piperidine rings is 1. The molecular formula is C18H19FN2O2. The lowest BCUT2D eigenvalue weighted by atomic mass is 9.94. The molecule has 5 heteroatoms. The molecule has 1 aliphatic heterocycles. The van der Waals surface area contributed by atoms with Crippen molar-refractivity contribution in [3.8, 4) is 5.88 Å². The van der Waals surface area contributed by atoms with Crippen LogP contribution in [0.25, 0.3) is 0 Å². The van der Waals surface area contributed by atoms with Gasteiger partial charge in [-0.3, -0.25) is 4.79 Å². The Kier molecular flexibility index (Phi) is 4.55. The van der Waals surface area contributed by atoms with E-state index >= 15 is 0 Å². The maximum absolute atomic E-state index is 13.2. The largest absolute Gasteiger partial charge is 0.481 e. The summed E-state index contributed by atoms with van der Waals surface area (Å²) in [5.41, 5.74) is 1.53. The molecule has 3 rings (SSSR count). The highest BCUT2D eigenvalue weighted by atomic mass is 19.1. The van der Waals surface area contributed by atoms with Gasteiger partial charge >= 0.3 is 0 Å². The molecule has 1 aliphatic rings. The second-order valence-corrected chi connectivity index (χ2v) is 5.65. The van der Waals surface area contributed by atoms with Crippen molar-refractivity contribution in [3.63, 3.8) is 0 Å². The van der Waals surface area contributed by atoms with Gasteiger partial charge in [-0.1, -0.05) is 12.1 Å². The van der Waals surface area contributed by atoms with E-state index in [2.05, 4.69) is 4.98 Å². The molecule has 0 bridgehead atoms. The molecule has 0 saturated carbocycles. The minimum absolute atomic E-state index is 0.0176. The molecule has 23 heavy (non-hydrogen) atoms. The Morgan fingerprint density at radius 3 is 2.78 bits per heavy atom. The van der Waals surface area contributed by atoms with Gasteiger partial charge in [-0.15, -0.1) is 0 Å². The second kappa shape index (κ2) is 6.77. The molecule has 2 aromatic rings. The number of ether oxygens (including phenoxy) is 1. The molecule has 2 heterocycles. The fourth-order valence-corrected chi connectivity index (χ4v) is 3.03. The monoisotopic (exact) mass is 314 g/mol. The highest BCUT2D eigenvalue weighted by Crippen LogP contribution is 2.32. The van der Waals surface area contributed by atoms with Crippen LogP contribution in [0.2, 0.25) is 0 Å². The lowest BCUT2D eigenvalue weighted by Crippen LogP contribution is -2.38. The maximum Gasteiger partial charge on any atom is 0.254 e. The number of nitrogens with zero attached hydrogens (tertiary/aromatic N) is 2. The predicted molar refractivity (Wildman–Crippen MR) is 84.8 cm³/mol. The van der Waals surface area contributed by atoms with Gasteiger partial charge in [0.1, 0.15) is 5.82 Å². The average molecular weight is 314 g/mol. The summed E-state index contributed by atoms with van der Waals surface area (Å²) in [5.74, 6) is 0.118. The molecule has 0 radical (unpaired) electrons. The summed E-state index contributed by atoms with van der Waals surface area (Å²) in [4.78, 5) is 18.8. The normalized spacial score (nSPS) is 17.8. The number of amides is 1. The van der Waals surface area contributed by atoms with Crippen LogP contribution in [0, 0.1) is 5.82 Å². The molecule has 0 N–H and O–H groups in total. The van der Waals surface area contributed by atoms with E-state index in [9.17, 15) is 9.18 Å². The topological polar surface area (TPSA) is 42.4 Å². The fraction of sp³-hybridized carbons (Fsp3) is 0.333. The third-order valence-corrected chi connectivity index (χ3v) is 4.21. The van der Waals surface area contributed by atoms with Gasteiger partial charge < -0.3 is 9.64 Å². The van der Waals surface area contributed by atoms with E-state index in [1.807, 2.05) is 4.90 Å². The molecule has 1 aromatic carbocycles. The quantitative estimate of drug-likeness (QED) is 0.869. The van der Waals surface area contributed by atoms with Gasteiger partial charge in [0.05, 0.1) is 13.2 Å². The van der Waals surface area contributed by atoms with Gasteiger partial charge in [-0.25, -0.2) is 9.37 Å². The smallest absolute Gasteiger partial charge is 0.254 e. The van der Waals surface area contributed by atoms with E-state index in [-0.39, 0.29) is 17.8 Å². The van der Waals surface area contributed by atoms with E-state index < -0.39 is 0 Å². The molecule has 1 saturated heterocycles. The number of pyridine rings is 1. The molecule has 0 spiro atoms. The van der Waals surface area contributed by atoms with Crippen LogP contribution in [0.15, 0.2) is 42.6 Å². The number of benzene rings is 1. The van der Waals surface area contributed by atoms with Crippen LogP contribution in [0.3, 0.4) is 0 Å². The maximum atomic E-state index is 13.2. The Hall–Kier alpha value is -2.43. The van der Waals surface area contributed by atoms with Crippen LogP contribution >= 0.6 is 0 Å². The SMILES string of the molecule is COc1cc(C(=O)N2CCCCC2c2ccc(F)cc2)ccn1. The van der Waals surface area contributed by atoms with Crippen molar-refractivity contribution in [1.29, 1.82) is 0 Å². The Labute approximate surface area is 134 Å². The van der Waals surface area contributed by atoms with Gasteiger partial charge in [0, 0.05) is 24.4 Å². The van der Waals surface area contributed by atoms with E-state index in [4.69, 9.17) is 4.74 Å². The van der Waals surface area contributed by atoms with Crippen LogP contribution in [0.5, 0.6) is 5.88 Å². The van der Waals surface area contributed by atoms with E-state index in [1.165, 1.54) is 19.2 Å². The molecule has 4 nitrogen and oxygen atoms in total. The number of hydrogen-bond acceptors (Lipinski definition) is 3. The van der Waals surface area contributed by atoms with Crippen LogP contribution in [-0.2, 0) is 0 Å². The summed E-state index contributed by atoms with van der Waals surface area (Å²) in [6.07, 6.45) is 4.50. The minimum atomic E-state index is -0.263. The number of likely N-dealkylation sites (tertiary alicyclic amines) is 1. The van der Waals surface area contributed by atoms with Gasteiger partial charge in [-0.2, -0.15) is 0 Å². The number of rotatable bonds is 3.